The number of halogens is 2. The van der Waals surface area contributed by atoms with E-state index >= 15 is 0 Å². The molecule has 0 bridgehead atoms. The average Bonchev–Trinajstić information content (AvgIpc) is 3.00. The molecule has 124 valence electrons. The monoisotopic (exact) mass is 322 g/mol. The second-order valence-electron chi connectivity index (χ2n) is 6.07. The summed E-state index contributed by atoms with van der Waals surface area (Å²) in [7, 11) is 0. The van der Waals surface area contributed by atoms with Crippen molar-refractivity contribution < 1.29 is 13.9 Å². The van der Waals surface area contributed by atoms with Crippen molar-refractivity contribution in [2.75, 3.05) is 19.6 Å². The number of likely N-dealkylation sites (tertiary alicyclic amines) is 1. The van der Waals surface area contributed by atoms with Crippen LogP contribution < -0.4 is 0 Å². The predicted octanol–water partition coefficient (Wildman–Crippen LogP) is 2.00. The average molecular weight is 322 g/mol. The van der Waals surface area contributed by atoms with Crippen LogP contribution >= 0.6 is 0 Å². The number of aromatic nitrogens is 3. The SMILES string of the molecule is OC(CN1CCCC(Cn2cncn2)C1)c1ccc(F)cc1F. The zero-order chi connectivity index (χ0) is 16.2. The van der Waals surface area contributed by atoms with Gasteiger partial charge < -0.3 is 10.0 Å². The molecule has 0 radical (unpaired) electrons. The molecule has 0 amide bonds. The molecular formula is C16H20F2N4O. The zero-order valence-electron chi connectivity index (χ0n) is 12.8. The highest BCUT2D eigenvalue weighted by atomic mass is 19.1. The van der Waals surface area contributed by atoms with E-state index < -0.39 is 17.7 Å². The Morgan fingerprint density at radius 3 is 2.96 bits per heavy atom. The molecule has 2 aromatic rings. The van der Waals surface area contributed by atoms with Crippen LogP contribution in [0.25, 0.3) is 0 Å². The van der Waals surface area contributed by atoms with Gasteiger partial charge in [-0.2, -0.15) is 5.10 Å². The number of hydrogen-bond donors (Lipinski definition) is 1. The highest BCUT2D eigenvalue weighted by Gasteiger charge is 2.24. The molecule has 0 aliphatic carbocycles. The summed E-state index contributed by atoms with van der Waals surface area (Å²) in [5.74, 6) is -0.909. The zero-order valence-corrected chi connectivity index (χ0v) is 12.8. The Morgan fingerprint density at radius 1 is 1.35 bits per heavy atom. The van der Waals surface area contributed by atoms with E-state index in [1.54, 1.807) is 6.33 Å². The summed E-state index contributed by atoms with van der Waals surface area (Å²) in [5, 5.41) is 14.4. The minimum absolute atomic E-state index is 0.143. The number of benzene rings is 1. The number of nitrogens with zero attached hydrogens (tertiary/aromatic N) is 4. The molecule has 1 aromatic carbocycles. The van der Waals surface area contributed by atoms with Crippen LogP contribution in [0.1, 0.15) is 24.5 Å². The lowest BCUT2D eigenvalue weighted by atomic mass is 9.97. The molecule has 1 aliphatic rings. The van der Waals surface area contributed by atoms with Gasteiger partial charge in [-0.25, -0.2) is 13.8 Å². The largest absolute Gasteiger partial charge is 0.387 e. The summed E-state index contributed by atoms with van der Waals surface area (Å²) in [6.45, 7) is 2.82. The van der Waals surface area contributed by atoms with Crippen LogP contribution in [0.5, 0.6) is 0 Å². The molecular weight excluding hydrogens is 302 g/mol. The van der Waals surface area contributed by atoms with Gasteiger partial charge in [-0.05, 0) is 31.4 Å². The van der Waals surface area contributed by atoms with Gasteiger partial charge in [0.25, 0.3) is 0 Å². The van der Waals surface area contributed by atoms with Gasteiger partial charge >= 0.3 is 0 Å². The highest BCUT2D eigenvalue weighted by Crippen LogP contribution is 2.23. The van der Waals surface area contributed by atoms with Gasteiger partial charge in [0.05, 0.1) is 6.10 Å². The molecule has 0 saturated carbocycles. The number of aliphatic hydroxyl groups excluding tert-OH is 1. The fourth-order valence-corrected chi connectivity index (χ4v) is 3.17. The van der Waals surface area contributed by atoms with Crippen LogP contribution in [0.2, 0.25) is 0 Å². The highest BCUT2D eigenvalue weighted by molar-refractivity contribution is 5.21. The molecule has 2 heterocycles. The molecule has 1 fully saturated rings. The number of hydrogen-bond acceptors (Lipinski definition) is 4. The number of aliphatic hydroxyl groups is 1. The second kappa shape index (κ2) is 7.14. The molecule has 1 saturated heterocycles. The number of β-amino-alcohol motifs (C(OH)–C–C–N with tert-alkyl or cyclic N) is 1. The van der Waals surface area contributed by atoms with E-state index in [4.69, 9.17) is 0 Å². The van der Waals surface area contributed by atoms with Crippen LogP contribution in [0.3, 0.4) is 0 Å². The summed E-state index contributed by atoms with van der Waals surface area (Å²) < 4.78 is 28.5. The van der Waals surface area contributed by atoms with Gasteiger partial charge in [0.1, 0.15) is 24.3 Å². The number of piperidine rings is 1. The molecule has 1 aliphatic heterocycles. The molecule has 1 aromatic heterocycles. The van der Waals surface area contributed by atoms with Crippen LogP contribution in [0, 0.1) is 17.6 Å². The van der Waals surface area contributed by atoms with E-state index in [1.807, 2.05) is 4.68 Å². The summed E-state index contributed by atoms with van der Waals surface area (Å²) in [5.41, 5.74) is 0.143. The summed E-state index contributed by atoms with van der Waals surface area (Å²) in [6.07, 6.45) is 4.37. The molecule has 3 rings (SSSR count). The molecule has 2 atom stereocenters. The minimum atomic E-state index is -0.958. The summed E-state index contributed by atoms with van der Waals surface area (Å²) in [4.78, 5) is 6.06. The first-order valence-electron chi connectivity index (χ1n) is 7.79. The van der Waals surface area contributed by atoms with Crippen molar-refractivity contribution in [3.8, 4) is 0 Å². The molecule has 7 heteroatoms. The van der Waals surface area contributed by atoms with Crippen LogP contribution in [-0.2, 0) is 6.54 Å². The standard InChI is InChI=1S/C16H20F2N4O/c17-13-3-4-14(15(18)6-13)16(23)9-21-5-1-2-12(7-21)8-22-11-19-10-20-22/h3-4,6,10-12,16,23H,1-2,5,7-9H2. The first-order valence-corrected chi connectivity index (χ1v) is 7.79. The third-order valence-corrected chi connectivity index (χ3v) is 4.27. The molecule has 23 heavy (non-hydrogen) atoms. The van der Waals surface area contributed by atoms with Gasteiger partial charge in [-0.15, -0.1) is 0 Å². The van der Waals surface area contributed by atoms with Gasteiger partial charge in [-0.3, -0.25) is 4.68 Å². The van der Waals surface area contributed by atoms with Gasteiger partial charge in [0.2, 0.25) is 0 Å². The van der Waals surface area contributed by atoms with E-state index in [-0.39, 0.29) is 5.56 Å². The maximum atomic E-state index is 13.7. The fourth-order valence-electron chi connectivity index (χ4n) is 3.17. The third-order valence-electron chi connectivity index (χ3n) is 4.27. The van der Waals surface area contributed by atoms with Crippen LogP contribution in [0.4, 0.5) is 8.78 Å². The summed E-state index contributed by atoms with van der Waals surface area (Å²) in [6, 6.07) is 3.29. The Labute approximate surface area is 133 Å². The third kappa shape index (κ3) is 4.11. The molecule has 0 spiro atoms. The van der Waals surface area contributed by atoms with Crippen molar-refractivity contribution in [1.82, 2.24) is 19.7 Å². The molecule has 5 nitrogen and oxygen atoms in total. The summed E-state index contributed by atoms with van der Waals surface area (Å²) >= 11 is 0. The normalized spacial score (nSPS) is 20.6. The van der Waals surface area contributed by atoms with Crippen molar-refractivity contribution in [3.63, 3.8) is 0 Å². The Bertz CT molecular complexity index is 635. The van der Waals surface area contributed by atoms with Crippen molar-refractivity contribution in [2.24, 2.45) is 5.92 Å². The van der Waals surface area contributed by atoms with Crippen molar-refractivity contribution >= 4 is 0 Å². The van der Waals surface area contributed by atoms with E-state index in [0.717, 1.165) is 38.5 Å². The molecule has 1 N–H and O–H groups in total. The smallest absolute Gasteiger partial charge is 0.137 e. The van der Waals surface area contributed by atoms with E-state index in [2.05, 4.69) is 15.0 Å². The Hall–Kier alpha value is -1.86. The van der Waals surface area contributed by atoms with E-state index in [0.29, 0.717) is 12.5 Å². The fraction of sp³-hybridized carbons (Fsp3) is 0.500. The Kier molecular flexibility index (Phi) is 4.97. The first-order chi connectivity index (χ1) is 11.1. The second-order valence-corrected chi connectivity index (χ2v) is 6.07. The van der Waals surface area contributed by atoms with E-state index in [9.17, 15) is 13.9 Å². The van der Waals surface area contributed by atoms with Gasteiger partial charge in [0.15, 0.2) is 0 Å². The minimum Gasteiger partial charge on any atom is -0.387 e. The Balaban J connectivity index is 1.58. The van der Waals surface area contributed by atoms with Crippen molar-refractivity contribution in [2.45, 2.75) is 25.5 Å². The maximum Gasteiger partial charge on any atom is 0.137 e. The quantitative estimate of drug-likeness (QED) is 0.915. The van der Waals surface area contributed by atoms with Crippen LogP contribution in [-0.4, -0.2) is 44.4 Å². The lowest BCUT2D eigenvalue weighted by Gasteiger charge is -2.33. The maximum absolute atomic E-state index is 13.7. The van der Waals surface area contributed by atoms with Crippen molar-refractivity contribution in [1.29, 1.82) is 0 Å². The van der Waals surface area contributed by atoms with Crippen molar-refractivity contribution in [3.05, 3.63) is 48.1 Å². The van der Waals surface area contributed by atoms with E-state index in [1.165, 1.54) is 18.5 Å². The van der Waals surface area contributed by atoms with Gasteiger partial charge in [0, 0.05) is 31.3 Å². The predicted molar refractivity (Wildman–Crippen MR) is 80.5 cm³/mol. The van der Waals surface area contributed by atoms with Crippen LogP contribution in [0.15, 0.2) is 30.9 Å². The number of rotatable bonds is 5. The molecule has 2 unspecified atom stereocenters. The Morgan fingerprint density at radius 2 is 2.22 bits per heavy atom. The lowest BCUT2D eigenvalue weighted by Crippen LogP contribution is -2.39. The first kappa shape index (κ1) is 16.0. The van der Waals surface area contributed by atoms with Gasteiger partial charge in [-0.1, -0.05) is 6.07 Å². The lowest BCUT2D eigenvalue weighted by molar-refractivity contribution is 0.0779. The topological polar surface area (TPSA) is 54.2 Å².